The molecule has 0 fully saturated rings. The fraction of sp³-hybridized carbons (Fsp3) is 0.364. The first-order chi connectivity index (χ1) is 7.04. The van der Waals surface area contributed by atoms with E-state index in [0.29, 0.717) is 6.42 Å². The summed E-state index contributed by atoms with van der Waals surface area (Å²) in [5, 5.41) is 9.31. The Kier molecular flexibility index (Phi) is 3.68. The van der Waals surface area contributed by atoms with Crippen molar-refractivity contribution >= 4 is 5.97 Å². The molecule has 1 aromatic carbocycles. The van der Waals surface area contributed by atoms with E-state index in [-0.39, 0.29) is 5.75 Å². The molecule has 1 aromatic rings. The van der Waals surface area contributed by atoms with Crippen LogP contribution in [0.2, 0.25) is 0 Å². The Morgan fingerprint density at radius 1 is 1.60 bits per heavy atom. The van der Waals surface area contributed by atoms with Gasteiger partial charge in [0.15, 0.2) is 0 Å². The molecule has 4 nitrogen and oxygen atoms in total. The Morgan fingerprint density at radius 2 is 2.27 bits per heavy atom. The normalized spacial score (nSPS) is 12.2. The van der Waals surface area contributed by atoms with E-state index in [4.69, 9.17) is 5.73 Å². The number of carbonyl (C=O) groups excluding carboxylic acids is 1. The molecule has 0 saturated carbocycles. The minimum atomic E-state index is -0.654. The SMILES string of the molecule is COC(=O)C(N)Cc1ccc(O)c(C)c1. The fourth-order valence-electron chi connectivity index (χ4n) is 1.33. The van der Waals surface area contributed by atoms with E-state index in [9.17, 15) is 9.90 Å². The van der Waals surface area contributed by atoms with E-state index < -0.39 is 12.0 Å². The quantitative estimate of drug-likeness (QED) is 0.720. The monoisotopic (exact) mass is 209 g/mol. The summed E-state index contributed by atoms with van der Waals surface area (Å²) in [4.78, 5) is 11.1. The second-order valence-corrected chi connectivity index (χ2v) is 3.45. The number of phenols is 1. The van der Waals surface area contributed by atoms with Crippen LogP contribution in [0.4, 0.5) is 0 Å². The van der Waals surface area contributed by atoms with Crippen molar-refractivity contribution in [2.24, 2.45) is 5.73 Å². The molecule has 0 heterocycles. The van der Waals surface area contributed by atoms with Gasteiger partial charge in [0.1, 0.15) is 11.8 Å². The predicted octanol–water partition coefficient (Wildman–Crippen LogP) is 0.743. The van der Waals surface area contributed by atoms with Crippen LogP contribution in [0.5, 0.6) is 5.75 Å². The number of methoxy groups -OCH3 is 1. The number of aromatic hydroxyl groups is 1. The maximum atomic E-state index is 11.1. The van der Waals surface area contributed by atoms with Crippen LogP contribution in [0.3, 0.4) is 0 Å². The van der Waals surface area contributed by atoms with Gasteiger partial charge in [-0.3, -0.25) is 4.79 Å². The first kappa shape index (κ1) is 11.5. The number of nitrogens with two attached hydrogens (primary N) is 1. The van der Waals surface area contributed by atoms with E-state index in [1.807, 2.05) is 0 Å². The van der Waals surface area contributed by atoms with Gasteiger partial charge in [0.05, 0.1) is 7.11 Å². The molecule has 4 heteroatoms. The highest BCUT2D eigenvalue weighted by molar-refractivity contribution is 5.75. The number of carbonyl (C=O) groups is 1. The van der Waals surface area contributed by atoms with Crippen LogP contribution in [-0.4, -0.2) is 24.2 Å². The van der Waals surface area contributed by atoms with E-state index in [0.717, 1.165) is 11.1 Å². The Bertz CT molecular complexity index is 363. The van der Waals surface area contributed by atoms with Gasteiger partial charge in [0.25, 0.3) is 0 Å². The van der Waals surface area contributed by atoms with Gasteiger partial charge >= 0.3 is 5.97 Å². The van der Waals surface area contributed by atoms with Crippen LogP contribution in [0.1, 0.15) is 11.1 Å². The van der Waals surface area contributed by atoms with Gasteiger partial charge in [-0.15, -0.1) is 0 Å². The molecular weight excluding hydrogens is 194 g/mol. The van der Waals surface area contributed by atoms with E-state index >= 15 is 0 Å². The van der Waals surface area contributed by atoms with Gasteiger partial charge in [-0.1, -0.05) is 12.1 Å². The second kappa shape index (κ2) is 4.79. The Labute approximate surface area is 88.7 Å². The van der Waals surface area contributed by atoms with Crippen molar-refractivity contribution in [2.75, 3.05) is 7.11 Å². The molecule has 1 unspecified atom stereocenters. The van der Waals surface area contributed by atoms with E-state index in [1.54, 1.807) is 25.1 Å². The average Bonchev–Trinajstić information content (AvgIpc) is 2.22. The lowest BCUT2D eigenvalue weighted by atomic mass is 10.0. The highest BCUT2D eigenvalue weighted by Gasteiger charge is 2.14. The van der Waals surface area contributed by atoms with Gasteiger partial charge in [0.2, 0.25) is 0 Å². The van der Waals surface area contributed by atoms with Crippen LogP contribution < -0.4 is 5.73 Å². The van der Waals surface area contributed by atoms with Crippen molar-refractivity contribution in [2.45, 2.75) is 19.4 Å². The fourth-order valence-corrected chi connectivity index (χ4v) is 1.33. The van der Waals surface area contributed by atoms with Gasteiger partial charge in [0, 0.05) is 0 Å². The largest absolute Gasteiger partial charge is 0.508 e. The van der Waals surface area contributed by atoms with Crippen molar-refractivity contribution in [1.29, 1.82) is 0 Å². The number of benzene rings is 1. The molecule has 15 heavy (non-hydrogen) atoms. The van der Waals surface area contributed by atoms with Gasteiger partial charge in [-0.25, -0.2) is 0 Å². The molecular formula is C11H15NO3. The number of phenolic OH excluding ortho intramolecular Hbond substituents is 1. The summed E-state index contributed by atoms with van der Waals surface area (Å²) < 4.78 is 4.52. The maximum absolute atomic E-state index is 11.1. The molecule has 0 bridgehead atoms. The zero-order chi connectivity index (χ0) is 11.4. The minimum Gasteiger partial charge on any atom is -0.508 e. The highest BCUT2D eigenvalue weighted by Crippen LogP contribution is 2.17. The molecule has 0 aromatic heterocycles. The standard InChI is InChI=1S/C11H15NO3/c1-7-5-8(3-4-10(7)13)6-9(12)11(14)15-2/h3-5,9,13H,6,12H2,1-2H3. The number of hydrogen-bond acceptors (Lipinski definition) is 4. The summed E-state index contributed by atoms with van der Waals surface area (Å²) in [5.74, 6) is -0.189. The summed E-state index contributed by atoms with van der Waals surface area (Å²) in [5.41, 5.74) is 7.28. The molecule has 0 aliphatic rings. The molecule has 1 rings (SSSR count). The topological polar surface area (TPSA) is 72.5 Å². The zero-order valence-electron chi connectivity index (χ0n) is 8.86. The molecule has 0 aliphatic heterocycles. The molecule has 0 spiro atoms. The van der Waals surface area contributed by atoms with Gasteiger partial charge in [-0.2, -0.15) is 0 Å². The van der Waals surface area contributed by atoms with E-state index in [2.05, 4.69) is 4.74 Å². The van der Waals surface area contributed by atoms with Crippen LogP contribution in [0, 0.1) is 6.92 Å². The first-order valence-electron chi connectivity index (χ1n) is 4.66. The smallest absolute Gasteiger partial charge is 0.322 e. The molecule has 0 amide bonds. The molecule has 3 N–H and O–H groups in total. The number of aryl methyl sites for hydroxylation is 1. The number of hydrogen-bond donors (Lipinski definition) is 2. The molecule has 82 valence electrons. The van der Waals surface area contributed by atoms with Gasteiger partial charge in [-0.05, 0) is 30.5 Å². The molecule has 0 radical (unpaired) electrons. The Hall–Kier alpha value is -1.55. The Morgan fingerprint density at radius 3 is 2.80 bits per heavy atom. The summed E-state index contributed by atoms with van der Waals surface area (Å²) in [6, 6.07) is 4.48. The number of ether oxygens (including phenoxy) is 1. The predicted molar refractivity (Wildman–Crippen MR) is 56.5 cm³/mol. The molecule has 0 saturated heterocycles. The third-order valence-electron chi connectivity index (χ3n) is 2.22. The average molecular weight is 209 g/mol. The molecule has 0 aliphatic carbocycles. The lowest BCUT2D eigenvalue weighted by Gasteiger charge is -2.09. The highest BCUT2D eigenvalue weighted by atomic mass is 16.5. The lowest BCUT2D eigenvalue weighted by Crippen LogP contribution is -2.33. The third kappa shape index (κ3) is 2.95. The van der Waals surface area contributed by atoms with Crippen molar-refractivity contribution < 1.29 is 14.6 Å². The number of esters is 1. The third-order valence-corrected chi connectivity index (χ3v) is 2.22. The van der Waals surface area contributed by atoms with Crippen molar-refractivity contribution in [1.82, 2.24) is 0 Å². The van der Waals surface area contributed by atoms with Crippen LogP contribution >= 0.6 is 0 Å². The zero-order valence-corrected chi connectivity index (χ0v) is 8.86. The first-order valence-corrected chi connectivity index (χ1v) is 4.66. The number of rotatable bonds is 3. The van der Waals surface area contributed by atoms with Gasteiger partial charge < -0.3 is 15.6 Å². The minimum absolute atomic E-state index is 0.241. The summed E-state index contributed by atoms with van der Waals surface area (Å²) in [7, 11) is 1.31. The summed E-state index contributed by atoms with van der Waals surface area (Å²) in [6.45, 7) is 1.79. The molecule has 1 atom stereocenters. The van der Waals surface area contributed by atoms with E-state index in [1.165, 1.54) is 7.11 Å². The van der Waals surface area contributed by atoms with Crippen molar-refractivity contribution in [3.8, 4) is 5.75 Å². The van der Waals surface area contributed by atoms with Crippen molar-refractivity contribution in [3.05, 3.63) is 29.3 Å². The summed E-state index contributed by atoms with van der Waals surface area (Å²) >= 11 is 0. The Balaban J connectivity index is 2.73. The van der Waals surface area contributed by atoms with Crippen LogP contribution in [0.15, 0.2) is 18.2 Å². The summed E-state index contributed by atoms with van der Waals surface area (Å²) in [6.07, 6.45) is 0.411. The van der Waals surface area contributed by atoms with Crippen molar-refractivity contribution in [3.63, 3.8) is 0 Å². The van der Waals surface area contributed by atoms with Crippen LogP contribution in [-0.2, 0) is 16.0 Å². The maximum Gasteiger partial charge on any atom is 0.322 e. The lowest BCUT2D eigenvalue weighted by molar-refractivity contribution is -0.142. The van der Waals surface area contributed by atoms with Crippen LogP contribution in [0.25, 0.3) is 0 Å². The second-order valence-electron chi connectivity index (χ2n) is 3.45.